The van der Waals surface area contributed by atoms with Gasteiger partial charge in [0.2, 0.25) is 0 Å². The van der Waals surface area contributed by atoms with Gasteiger partial charge in [-0.3, -0.25) is 0 Å². The standard InChI is InChI=1S/C16H15FO2/c1-2-5-11-6-3-7-12(10-11)13-8-4-9-14(17)15(13)16(18)19/h3-4,6-10H,2,5H2,1H3,(H,18,19). The van der Waals surface area contributed by atoms with Gasteiger partial charge in [-0.25, -0.2) is 9.18 Å². The molecule has 3 heteroatoms. The van der Waals surface area contributed by atoms with Crippen LogP contribution in [0.3, 0.4) is 0 Å². The van der Waals surface area contributed by atoms with Crippen LogP contribution >= 0.6 is 0 Å². The van der Waals surface area contributed by atoms with Crippen LogP contribution < -0.4 is 0 Å². The van der Waals surface area contributed by atoms with Gasteiger partial charge in [0.1, 0.15) is 11.4 Å². The summed E-state index contributed by atoms with van der Waals surface area (Å²) in [6.45, 7) is 2.08. The van der Waals surface area contributed by atoms with E-state index in [0.717, 1.165) is 24.0 Å². The first kappa shape index (κ1) is 13.3. The maximum Gasteiger partial charge on any atom is 0.339 e. The number of aryl methyl sites for hydroxylation is 1. The maximum absolute atomic E-state index is 13.7. The van der Waals surface area contributed by atoms with Gasteiger partial charge < -0.3 is 5.11 Å². The highest BCUT2D eigenvalue weighted by molar-refractivity contribution is 5.96. The fourth-order valence-corrected chi connectivity index (χ4v) is 2.17. The zero-order valence-corrected chi connectivity index (χ0v) is 10.7. The Morgan fingerprint density at radius 3 is 2.63 bits per heavy atom. The second-order valence-electron chi connectivity index (χ2n) is 4.42. The van der Waals surface area contributed by atoms with E-state index in [2.05, 4.69) is 6.92 Å². The van der Waals surface area contributed by atoms with Crippen LogP contribution in [-0.4, -0.2) is 11.1 Å². The summed E-state index contributed by atoms with van der Waals surface area (Å²) in [5.41, 5.74) is 2.02. The number of hydrogen-bond donors (Lipinski definition) is 1. The molecule has 0 aliphatic carbocycles. The van der Waals surface area contributed by atoms with Crippen LogP contribution in [0.1, 0.15) is 29.3 Å². The van der Waals surface area contributed by atoms with Gasteiger partial charge in [-0.05, 0) is 29.2 Å². The highest BCUT2D eigenvalue weighted by Crippen LogP contribution is 2.26. The molecule has 0 saturated heterocycles. The van der Waals surface area contributed by atoms with Crippen molar-refractivity contribution in [2.75, 3.05) is 0 Å². The zero-order chi connectivity index (χ0) is 13.8. The van der Waals surface area contributed by atoms with E-state index in [1.165, 1.54) is 12.1 Å². The lowest BCUT2D eigenvalue weighted by Crippen LogP contribution is -2.03. The van der Waals surface area contributed by atoms with E-state index in [1.54, 1.807) is 12.1 Å². The third kappa shape index (κ3) is 2.81. The third-order valence-corrected chi connectivity index (χ3v) is 3.00. The molecule has 2 nitrogen and oxygen atoms in total. The molecule has 0 fully saturated rings. The molecule has 0 aliphatic rings. The first-order chi connectivity index (χ1) is 9.13. The number of hydrogen-bond acceptors (Lipinski definition) is 1. The lowest BCUT2D eigenvalue weighted by atomic mass is 9.97. The molecule has 0 unspecified atom stereocenters. The van der Waals surface area contributed by atoms with Crippen molar-refractivity contribution >= 4 is 5.97 Å². The predicted octanol–water partition coefficient (Wildman–Crippen LogP) is 4.14. The topological polar surface area (TPSA) is 37.3 Å². The van der Waals surface area contributed by atoms with E-state index >= 15 is 0 Å². The Morgan fingerprint density at radius 2 is 1.95 bits per heavy atom. The van der Waals surface area contributed by atoms with Crippen molar-refractivity contribution in [3.8, 4) is 11.1 Å². The monoisotopic (exact) mass is 258 g/mol. The number of aromatic carboxylic acids is 1. The van der Waals surface area contributed by atoms with Gasteiger partial charge in [0.15, 0.2) is 0 Å². The van der Waals surface area contributed by atoms with Crippen LogP contribution in [0.15, 0.2) is 42.5 Å². The van der Waals surface area contributed by atoms with E-state index in [-0.39, 0.29) is 5.56 Å². The minimum absolute atomic E-state index is 0.267. The van der Waals surface area contributed by atoms with E-state index in [9.17, 15) is 9.18 Å². The second kappa shape index (κ2) is 5.65. The molecule has 98 valence electrons. The lowest BCUT2D eigenvalue weighted by molar-refractivity contribution is 0.0693. The summed E-state index contributed by atoms with van der Waals surface area (Å²) in [5, 5.41) is 9.14. The van der Waals surface area contributed by atoms with Crippen molar-refractivity contribution < 1.29 is 14.3 Å². The van der Waals surface area contributed by atoms with E-state index in [1.807, 2.05) is 18.2 Å². The number of benzene rings is 2. The first-order valence-electron chi connectivity index (χ1n) is 6.24. The molecule has 0 aliphatic heterocycles. The molecule has 0 saturated carbocycles. The van der Waals surface area contributed by atoms with Gasteiger partial charge in [0, 0.05) is 0 Å². The van der Waals surface area contributed by atoms with Crippen LogP contribution in [0.2, 0.25) is 0 Å². The highest BCUT2D eigenvalue weighted by Gasteiger charge is 2.16. The van der Waals surface area contributed by atoms with E-state index in [4.69, 9.17) is 5.11 Å². The van der Waals surface area contributed by atoms with Crippen LogP contribution in [0.5, 0.6) is 0 Å². The van der Waals surface area contributed by atoms with Crippen molar-refractivity contribution in [1.29, 1.82) is 0 Å². The van der Waals surface area contributed by atoms with Crippen molar-refractivity contribution in [3.05, 3.63) is 59.4 Å². The van der Waals surface area contributed by atoms with Crippen molar-refractivity contribution in [3.63, 3.8) is 0 Å². The van der Waals surface area contributed by atoms with Crippen molar-refractivity contribution in [1.82, 2.24) is 0 Å². The van der Waals surface area contributed by atoms with Gasteiger partial charge in [-0.2, -0.15) is 0 Å². The largest absolute Gasteiger partial charge is 0.478 e. The highest BCUT2D eigenvalue weighted by atomic mass is 19.1. The SMILES string of the molecule is CCCc1cccc(-c2cccc(F)c2C(=O)O)c1. The average molecular weight is 258 g/mol. The van der Waals surface area contributed by atoms with Crippen LogP contribution in [0, 0.1) is 5.82 Å². The zero-order valence-electron chi connectivity index (χ0n) is 10.7. The molecule has 0 atom stereocenters. The number of carbonyl (C=O) groups is 1. The smallest absolute Gasteiger partial charge is 0.339 e. The Bertz CT molecular complexity index is 605. The third-order valence-electron chi connectivity index (χ3n) is 3.00. The van der Waals surface area contributed by atoms with Crippen molar-refractivity contribution in [2.45, 2.75) is 19.8 Å². The van der Waals surface area contributed by atoms with Crippen molar-refractivity contribution in [2.24, 2.45) is 0 Å². The summed E-state index contributed by atoms with van der Waals surface area (Å²) in [6, 6.07) is 11.9. The van der Waals surface area contributed by atoms with Gasteiger partial charge in [-0.15, -0.1) is 0 Å². The fraction of sp³-hybridized carbons (Fsp3) is 0.188. The molecule has 0 amide bonds. The molecule has 0 aromatic heterocycles. The summed E-state index contributed by atoms with van der Waals surface area (Å²) in [4.78, 5) is 11.2. The maximum atomic E-state index is 13.7. The Morgan fingerprint density at radius 1 is 1.21 bits per heavy atom. The number of rotatable bonds is 4. The fourth-order valence-electron chi connectivity index (χ4n) is 2.17. The molecule has 0 radical (unpaired) electrons. The molecule has 0 spiro atoms. The first-order valence-corrected chi connectivity index (χ1v) is 6.24. The minimum Gasteiger partial charge on any atom is -0.478 e. The van der Waals surface area contributed by atoms with Crippen LogP contribution in [-0.2, 0) is 6.42 Å². The number of halogens is 1. The van der Waals surface area contributed by atoms with Gasteiger partial charge in [0.05, 0.1) is 0 Å². The Balaban J connectivity index is 2.55. The molecule has 1 N–H and O–H groups in total. The molecular formula is C16H15FO2. The minimum atomic E-state index is -1.24. The van der Waals surface area contributed by atoms with Crippen LogP contribution in [0.25, 0.3) is 11.1 Å². The summed E-state index contributed by atoms with van der Waals surface area (Å²) in [5.74, 6) is -1.94. The molecule has 19 heavy (non-hydrogen) atoms. The number of carboxylic acids is 1. The van der Waals surface area contributed by atoms with Gasteiger partial charge >= 0.3 is 5.97 Å². The molecule has 0 heterocycles. The molecule has 2 aromatic rings. The molecular weight excluding hydrogens is 243 g/mol. The Labute approximate surface area is 111 Å². The quantitative estimate of drug-likeness (QED) is 0.894. The van der Waals surface area contributed by atoms with E-state index in [0.29, 0.717) is 5.56 Å². The van der Waals surface area contributed by atoms with Gasteiger partial charge in [0.25, 0.3) is 0 Å². The molecule has 2 rings (SSSR count). The van der Waals surface area contributed by atoms with Crippen LogP contribution in [0.4, 0.5) is 4.39 Å². The lowest BCUT2D eigenvalue weighted by Gasteiger charge is -2.09. The van der Waals surface area contributed by atoms with Gasteiger partial charge in [-0.1, -0.05) is 49.7 Å². The normalized spacial score (nSPS) is 10.4. The summed E-state index contributed by atoms with van der Waals surface area (Å²) < 4.78 is 13.7. The molecule has 2 aromatic carbocycles. The van der Waals surface area contributed by atoms with E-state index < -0.39 is 11.8 Å². The average Bonchev–Trinajstić information content (AvgIpc) is 2.38. The molecule has 0 bridgehead atoms. The summed E-state index contributed by atoms with van der Waals surface area (Å²) in [7, 11) is 0. The Kier molecular flexibility index (Phi) is 3.95. The number of carboxylic acid groups (broad SMARTS) is 1. The Hall–Kier alpha value is -2.16. The predicted molar refractivity (Wildman–Crippen MR) is 72.8 cm³/mol. The summed E-state index contributed by atoms with van der Waals surface area (Å²) >= 11 is 0. The summed E-state index contributed by atoms with van der Waals surface area (Å²) in [6.07, 6.45) is 1.93. The second-order valence-corrected chi connectivity index (χ2v) is 4.42.